The SMILES string of the molecule is Cc1nn2c(c1-c1ccccc1)NC(=O)C2CC(=O)Nc1ccccc1F. The predicted octanol–water partition coefficient (Wildman–Crippen LogP) is 3.52. The van der Waals surface area contributed by atoms with Crippen LogP contribution in [0.3, 0.4) is 0 Å². The van der Waals surface area contributed by atoms with Gasteiger partial charge in [0.1, 0.15) is 17.7 Å². The molecule has 0 radical (unpaired) electrons. The summed E-state index contributed by atoms with van der Waals surface area (Å²) in [6.45, 7) is 1.86. The van der Waals surface area contributed by atoms with E-state index in [9.17, 15) is 14.0 Å². The number of halogens is 1. The molecule has 0 fully saturated rings. The summed E-state index contributed by atoms with van der Waals surface area (Å²) in [5.74, 6) is -0.711. The highest BCUT2D eigenvalue weighted by Crippen LogP contribution is 2.38. The zero-order valence-electron chi connectivity index (χ0n) is 14.6. The first-order valence-electron chi connectivity index (χ1n) is 8.54. The van der Waals surface area contributed by atoms with Crippen LogP contribution in [0.2, 0.25) is 0 Å². The predicted molar refractivity (Wildman–Crippen MR) is 99.7 cm³/mol. The van der Waals surface area contributed by atoms with Crippen LogP contribution >= 0.6 is 0 Å². The molecule has 2 aromatic carbocycles. The monoisotopic (exact) mass is 364 g/mol. The average Bonchev–Trinajstić information content (AvgIpc) is 3.12. The van der Waals surface area contributed by atoms with Crippen LogP contribution in [0.5, 0.6) is 0 Å². The number of carbonyl (C=O) groups is 2. The van der Waals surface area contributed by atoms with Crippen molar-refractivity contribution in [1.29, 1.82) is 0 Å². The molecule has 1 aliphatic heterocycles. The summed E-state index contributed by atoms with van der Waals surface area (Å²) >= 11 is 0. The minimum absolute atomic E-state index is 0.0859. The molecule has 0 spiro atoms. The minimum Gasteiger partial charge on any atom is -0.324 e. The van der Waals surface area contributed by atoms with Crippen LogP contribution in [0.25, 0.3) is 11.1 Å². The van der Waals surface area contributed by atoms with Crippen molar-refractivity contribution in [2.24, 2.45) is 0 Å². The number of para-hydroxylation sites is 1. The van der Waals surface area contributed by atoms with Crippen molar-refractivity contribution >= 4 is 23.3 Å². The number of aryl methyl sites for hydroxylation is 1. The Bertz CT molecular complexity index is 1030. The molecule has 4 rings (SSSR count). The van der Waals surface area contributed by atoms with Crippen LogP contribution in [0, 0.1) is 12.7 Å². The molecule has 1 aliphatic rings. The van der Waals surface area contributed by atoms with Gasteiger partial charge < -0.3 is 10.6 Å². The molecule has 1 unspecified atom stereocenters. The van der Waals surface area contributed by atoms with E-state index in [0.717, 1.165) is 16.8 Å². The van der Waals surface area contributed by atoms with Gasteiger partial charge in [0, 0.05) is 5.56 Å². The summed E-state index contributed by atoms with van der Waals surface area (Å²) in [5.41, 5.74) is 2.62. The van der Waals surface area contributed by atoms with E-state index in [2.05, 4.69) is 15.7 Å². The number of benzene rings is 2. The van der Waals surface area contributed by atoms with E-state index in [1.807, 2.05) is 37.3 Å². The molecule has 0 bridgehead atoms. The van der Waals surface area contributed by atoms with Gasteiger partial charge in [-0.25, -0.2) is 9.07 Å². The number of rotatable bonds is 4. The number of nitrogens with zero attached hydrogens (tertiary/aromatic N) is 2. The Labute approximate surface area is 155 Å². The van der Waals surface area contributed by atoms with E-state index in [4.69, 9.17) is 0 Å². The molecule has 2 N–H and O–H groups in total. The van der Waals surface area contributed by atoms with E-state index in [0.29, 0.717) is 5.82 Å². The maximum Gasteiger partial charge on any atom is 0.251 e. The van der Waals surface area contributed by atoms with Gasteiger partial charge in [-0.3, -0.25) is 9.59 Å². The van der Waals surface area contributed by atoms with Crippen molar-refractivity contribution in [3.05, 3.63) is 66.1 Å². The molecule has 0 saturated carbocycles. The Kier molecular flexibility index (Phi) is 4.19. The lowest BCUT2D eigenvalue weighted by Crippen LogP contribution is -2.24. The van der Waals surface area contributed by atoms with Gasteiger partial charge in [0.05, 0.1) is 17.8 Å². The first-order valence-corrected chi connectivity index (χ1v) is 8.54. The number of hydrogen-bond acceptors (Lipinski definition) is 3. The van der Waals surface area contributed by atoms with E-state index < -0.39 is 17.8 Å². The fourth-order valence-corrected chi connectivity index (χ4v) is 3.27. The summed E-state index contributed by atoms with van der Waals surface area (Å²) in [6, 6.07) is 14.7. The molecular formula is C20H17FN4O2. The first kappa shape index (κ1) is 17.0. The highest BCUT2D eigenvalue weighted by molar-refractivity contribution is 6.04. The Hall–Kier alpha value is -3.48. The average molecular weight is 364 g/mol. The fraction of sp³-hybridized carbons (Fsp3) is 0.150. The third kappa shape index (κ3) is 3.08. The summed E-state index contributed by atoms with van der Waals surface area (Å²) in [4.78, 5) is 24.8. The molecule has 3 aromatic rings. The Morgan fingerprint density at radius 1 is 1.19 bits per heavy atom. The van der Waals surface area contributed by atoms with Gasteiger partial charge in [-0.15, -0.1) is 0 Å². The van der Waals surface area contributed by atoms with Crippen LogP contribution < -0.4 is 10.6 Å². The van der Waals surface area contributed by atoms with E-state index in [1.165, 1.54) is 12.1 Å². The zero-order chi connectivity index (χ0) is 19.0. The van der Waals surface area contributed by atoms with Gasteiger partial charge >= 0.3 is 0 Å². The lowest BCUT2D eigenvalue weighted by atomic mass is 10.1. The van der Waals surface area contributed by atoms with Crippen LogP contribution in [0.4, 0.5) is 15.9 Å². The number of aromatic nitrogens is 2. The fourth-order valence-electron chi connectivity index (χ4n) is 3.27. The smallest absolute Gasteiger partial charge is 0.251 e. The van der Waals surface area contributed by atoms with Crippen molar-refractivity contribution in [3.8, 4) is 11.1 Å². The Balaban J connectivity index is 1.59. The summed E-state index contributed by atoms with van der Waals surface area (Å²) < 4.78 is 15.3. The van der Waals surface area contributed by atoms with E-state index in [-0.39, 0.29) is 18.0 Å². The number of hydrogen-bond donors (Lipinski definition) is 2. The molecule has 6 nitrogen and oxygen atoms in total. The molecule has 1 atom stereocenters. The number of amides is 2. The van der Waals surface area contributed by atoms with Crippen molar-refractivity contribution in [1.82, 2.24) is 9.78 Å². The molecule has 2 amide bonds. The standard InChI is InChI=1S/C20H17FN4O2/c1-12-18(13-7-3-2-4-8-13)19-23-20(27)16(25(19)24-12)11-17(26)22-15-10-6-5-9-14(15)21/h2-10,16H,11H2,1H3,(H,22,26)(H,23,27). The highest BCUT2D eigenvalue weighted by Gasteiger charge is 2.36. The lowest BCUT2D eigenvalue weighted by Gasteiger charge is -2.10. The molecule has 136 valence electrons. The van der Waals surface area contributed by atoms with Crippen molar-refractivity contribution in [2.45, 2.75) is 19.4 Å². The first-order chi connectivity index (χ1) is 13.0. The minimum atomic E-state index is -0.775. The van der Waals surface area contributed by atoms with Crippen LogP contribution in [0.15, 0.2) is 54.6 Å². The summed E-state index contributed by atoms with van der Waals surface area (Å²) in [6.07, 6.45) is -0.136. The van der Waals surface area contributed by atoms with Crippen LogP contribution in [-0.2, 0) is 9.59 Å². The van der Waals surface area contributed by atoms with E-state index >= 15 is 0 Å². The van der Waals surface area contributed by atoms with Gasteiger partial charge in [-0.1, -0.05) is 42.5 Å². The third-order valence-corrected chi connectivity index (χ3v) is 4.51. The second-order valence-electron chi connectivity index (χ2n) is 6.36. The molecule has 7 heteroatoms. The Morgan fingerprint density at radius 3 is 2.63 bits per heavy atom. The topological polar surface area (TPSA) is 76.0 Å². The lowest BCUT2D eigenvalue weighted by molar-refractivity contribution is -0.123. The molecule has 0 saturated heterocycles. The maximum atomic E-state index is 13.7. The van der Waals surface area contributed by atoms with Crippen LogP contribution in [0.1, 0.15) is 18.2 Å². The molecule has 0 aliphatic carbocycles. The quantitative estimate of drug-likeness (QED) is 0.744. The van der Waals surface area contributed by atoms with Crippen molar-refractivity contribution in [3.63, 3.8) is 0 Å². The third-order valence-electron chi connectivity index (χ3n) is 4.51. The maximum absolute atomic E-state index is 13.7. The normalized spacial score (nSPS) is 15.3. The van der Waals surface area contributed by atoms with Gasteiger partial charge in [-0.05, 0) is 24.6 Å². The van der Waals surface area contributed by atoms with Gasteiger partial charge in [0.15, 0.2) is 0 Å². The summed E-state index contributed by atoms with van der Waals surface area (Å²) in [5, 5.41) is 9.79. The number of nitrogens with one attached hydrogen (secondary N) is 2. The number of anilines is 2. The van der Waals surface area contributed by atoms with E-state index in [1.54, 1.807) is 16.8 Å². The number of carbonyl (C=O) groups excluding carboxylic acids is 2. The largest absolute Gasteiger partial charge is 0.324 e. The second kappa shape index (κ2) is 6.68. The zero-order valence-corrected chi connectivity index (χ0v) is 14.6. The molecule has 2 heterocycles. The van der Waals surface area contributed by atoms with Crippen molar-refractivity contribution in [2.75, 3.05) is 10.6 Å². The van der Waals surface area contributed by atoms with Crippen LogP contribution in [-0.4, -0.2) is 21.6 Å². The highest BCUT2D eigenvalue weighted by atomic mass is 19.1. The van der Waals surface area contributed by atoms with Gasteiger partial charge in [0.2, 0.25) is 5.91 Å². The Morgan fingerprint density at radius 2 is 1.89 bits per heavy atom. The molecular weight excluding hydrogens is 347 g/mol. The summed E-state index contributed by atoms with van der Waals surface area (Å²) in [7, 11) is 0. The molecule has 27 heavy (non-hydrogen) atoms. The molecule has 1 aromatic heterocycles. The number of fused-ring (bicyclic) bond motifs is 1. The second-order valence-corrected chi connectivity index (χ2v) is 6.36. The van der Waals surface area contributed by atoms with Gasteiger partial charge in [-0.2, -0.15) is 5.10 Å². The van der Waals surface area contributed by atoms with Crippen molar-refractivity contribution < 1.29 is 14.0 Å². The van der Waals surface area contributed by atoms with Gasteiger partial charge in [0.25, 0.3) is 5.91 Å².